The van der Waals surface area contributed by atoms with E-state index in [0.29, 0.717) is 14.5 Å². The van der Waals surface area contributed by atoms with Crippen molar-refractivity contribution < 1.29 is 8.78 Å². The lowest BCUT2D eigenvalue weighted by atomic mass is 9.98. The van der Waals surface area contributed by atoms with Crippen LogP contribution in [-0.4, -0.2) is 6.54 Å². The van der Waals surface area contributed by atoms with Gasteiger partial charge in [0, 0.05) is 10.0 Å². The molecule has 0 saturated carbocycles. The molecule has 0 aliphatic rings. The maximum Gasteiger partial charge on any atom is 0.137 e. The van der Waals surface area contributed by atoms with Crippen LogP contribution in [0, 0.1) is 11.6 Å². The van der Waals surface area contributed by atoms with E-state index in [-0.39, 0.29) is 17.7 Å². The summed E-state index contributed by atoms with van der Waals surface area (Å²) in [4.78, 5) is 0. The third kappa shape index (κ3) is 3.90. The van der Waals surface area contributed by atoms with Crippen molar-refractivity contribution in [2.24, 2.45) is 0 Å². The Balaban J connectivity index is 2.49. The summed E-state index contributed by atoms with van der Waals surface area (Å²) >= 11 is 6.59. The van der Waals surface area contributed by atoms with Gasteiger partial charge in [-0.05, 0) is 58.7 Å². The molecule has 0 heterocycles. The largest absolute Gasteiger partial charge is 0.306 e. The first-order valence-electron chi connectivity index (χ1n) is 6.66. The Morgan fingerprint density at radius 2 is 1.81 bits per heavy atom. The van der Waals surface area contributed by atoms with Crippen LogP contribution < -0.4 is 5.32 Å². The van der Waals surface area contributed by atoms with E-state index in [1.807, 2.05) is 6.92 Å². The van der Waals surface area contributed by atoms with E-state index in [0.717, 1.165) is 18.5 Å². The van der Waals surface area contributed by atoms with E-state index in [1.165, 1.54) is 12.1 Å². The van der Waals surface area contributed by atoms with E-state index in [4.69, 9.17) is 0 Å². The topological polar surface area (TPSA) is 12.0 Å². The second-order valence-corrected chi connectivity index (χ2v) is 6.40. The van der Waals surface area contributed by atoms with Crippen molar-refractivity contribution in [3.63, 3.8) is 0 Å². The second-order valence-electron chi connectivity index (χ2n) is 4.70. The van der Waals surface area contributed by atoms with Crippen LogP contribution in [0.25, 0.3) is 0 Å². The smallest absolute Gasteiger partial charge is 0.137 e. The summed E-state index contributed by atoms with van der Waals surface area (Å²) in [5.74, 6) is -0.626. The van der Waals surface area contributed by atoms with Crippen molar-refractivity contribution >= 4 is 31.9 Å². The highest BCUT2D eigenvalue weighted by atomic mass is 79.9. The molecule has 2 rings (SSSR count). The summed E-state index contributed by atoms with van der Waals surface area (Å²) in [5.41, 5.74) is 1.34. The Kier molecular flexibility index (Phi) is 5.90. The molecule has 0 spiro atoms. The fraction of sp³-hybridized carbons (Fsp3) is 0.250. The minimum Gasteiger partial charge on any atom is -0.306 e. The first-order valence-corrected chi connectivity index (χ1v) is 8.25. The molecule has 5 heteroatoms. The van der Waals surface area contributed by atoms with E-state index in [1.54, 1.807) is 24.3 Å². The predicted octanol–water partition coefficient (Wildman–Crippen LogP) is 5.58. The van der Waals surface area contributed by atoms with Gasteiger partial charge in [-0.2, -0.15) is 0 Å². The van der Waals surface area contributed by atoms with Crippen molar-refractivity contribution in [1.82, 2.24) is 5.32 Å². The van der Waals surface area contributed by atoms with Crippen LogP contribution >= 0.6 is 31.9 Å². The van der Waals surface area contributed by atoms with E-state index >= 15 is 0 Å². The van der Waals surface area contributed by atoms with Crippen molar-refractivity contribution in [2.75, 3.05) is 6.54 Å². The van der Waals surface area contributed by atoms with Crippen LogP contribution in [0.5, 0.6) is 0 Å². The number of halogens is 4. The van der Waals surface area contributed by atoms with Crippen molar-refractivity contribution in [3.05, 3.63) is 68.1 Å². The van der Waals surface area contributed by atoms with Crippen LogP contribution in [0.3, 0.4) is 0 Å². The van der Waals surface area contributed by atoms with Crippen LogP contribution in [0.1, 0.15) is 30.5 Å². The molecule has 1 unspecified atom stereocenters. The van der Waals surface area contributed by atoms with Gasteiger partial charge < -0.3 is 5.32 Å². The summed E-state index contributed by atoms with van der Waals surface area (Å²) in [7, 11) is 0. The zero-order valence-electron chi connectivity index (χ0n) is 11.5. The van der Waals surface area contributed by atoms with Gasteiger partial charge in [-0.15, -0.1) is 0 Å². The molecule has 0 aliphatic carbocycles. The second kappa shape index (κ2) is 7.47. The Morgan fingerprint density at radius 3 is 2.43 bits per heavy atom. The molecular formula is C16H15Br2F2N. The van der Waals surface area contributed by atoms with E-state index in [9.17, 15) is 8.78 Å². The summed E-state index contributed by atoms with van der Waals surface area (Å²) in [6.07, 6.45) is 0.922. The lowest BCUT2D eigenvalue weighted by Crippen LogP contribution is -2.24. The van der Waals surface area contributed by atoms with Gasteiger partial charge in [0.25, 0.3) is 0 Å². The summed E-state index contributed by atoms with van der Waals surface area (Å²) in [5, 5.41) is 3.32. The van der Waals surface area contributed by atoms with E-state index in [2.05, 4.69) is 37.2 Å². The highest BCUT2D eigenvalue weighted by Crippen LogP contribution is 2.32. The fourth-order valence-electron chi connectivity index (χ4n) is 2.15. The molecule has 21 heavy (non-hydrogen) atoms. The molecule has 0 radical (unpaired) electrons. The Labute approximate surface area is 140 Å². The van der Waals surface area contributed by atoms with Gasteiger partial charge in [-0.25, -0.2) is 8.78 Å². The van der Waals surface area contributed by atoms with Crippen molar-refractivity contribution in [3.8, 4) is 0 Å². The third-order valence-corrected chi connectivity index (χ3v) is 4.46. The first-order chi connectivity index (χ1) is 10.0. The highest BCUT2D eigenvalue weighted by molar-refractivity contribution is 9.10. The number of nitrogens with one attached hydrogen (secondary N) is 1. The Morgan fingerprint density at radius 1 is 1.05 bits per heavy atom. The van der Waals surface area contributed by atoms with Crippen LogP contribution in [0.4, 0.5) is 8.78 Å². The van der Waals surface area contributed by atoms with Crippen molar-refractivity contribution in [2.45, 2.75) is 19.4 Å². The van der Waals surface area contributed by atoms with Gasteiger partial charge in [-0.3, -0.25) is 0 Å². The molecule has 0 amide bonds. The van der Waals surface area contributed by atoms with Crippen LogP contribution in [0.2, 0.25) is 0 Å². The molecule has 0 saturated heterocycles. The quantitative estimate of drug-likeness (QED) is 0.668. The molecule has 1 atom stereocenters. The molecule has 1 N–H and O–H groups in total. The summed E-state index contributed by atoms with van der Waals surface area (Å²) < 4.78 is 28.7. The SMILES string of the molecule is CCCNC(c1ccc(F)c(Br)c1)c1c(F)cccc1Br. The highest BCUT2D eigenvalue weighted by Gasteiger charge is 2.20. The predicted molar refractivity (Wildman–Crippen MR) is 88.3 cm³/mol. The van der Waals surface area contributed by atoms with Crippen LogP contribution in [-0.2, 0) is 0 Å². The monoisotopic (exact) mass is 417 g/mol. The average molecular weight is 419 g/mol. The molecule has 2 aromatic rings. The van der Waals surface area contributed by atoms with Gasteiger partial charge in [0.2, 0.25) is 0 Å². The van der Waals surface area contributed by atoms with Gasteiger partial charge in [-0.1, -0.05) is 35.0 Å². The minimum atomic E-state index is -0.336. The van der Waals surface area contributed by atoms with Gasteiger partial charge >= 0.3 is 0 Å². The number of hydrogen-bond acceptors (Lipinski definition) is 1. The lowest BCUT2D eigenvalue weighted by Gasteiger charge is -2.22. The maximum atomic E-state index is 14.2. The molecule has 0 bridgehead atoms. The zero-order chi connectivity index (χ0) is 15.4. The maximum absolute atomic E-state index is 14.2. The van der Waals surface area contributed by atoms with Gasteiger partial charge in [0.05, 0.1) is 10.5 Å². The molecule has 1 nitrogen and oxygen atoms in total. The lowest BCUT2D eigenvalue weighted by molar-refractivity contribution is 0.543. The van der Waals surface area contributed by atoms with E-state index < -0.39 is 0 Å². The third-order valence-electron chi connectivity index (χ3n) is 3.16. The zero-order valence-corrected chi connectivity index (χ0v) is 14.6. The average Bonchev–Trinajstić information content (AvgIpc) is 2.45. The number of rotatable bonds is 5. The summed E-state index contributed by atoms with van der Waals surface area (Å²) in [6.45, 7) is 2.78. The first kappa shape index (κ1) is 16.6. The number of benzene rings is 2. The molecule has 112 valence electrons. The molecule has 0 fully saturated rings. The normalized spacial score (nSPS) is 12.4. The Hall–Kier alpha value is -0.780. The molecule has 0 aliphatic heterocycles. The van der Waals surface area contributed by atoms with Gasteiger partial charge in [0.1, 0.15) is 11.6 Å². The summed E-state index contributed by atoms with van der Waals surface area (Å²) in [6, 6.07) is 9.29. The Bertz CT molecular complexity index is 611. The minimum absolute atomic E-state index is 0.293. The molecular weight excluding hydrogens is 404 g/mol. The molecule has 0 aromatic heterocycles. The van der Waals surface area contributed by atoms with Crippen LogP contribution in [0.15, 0.2) is 45.3 Å². The molecule has 2 aromatic carbocycles. The number of hydrogen-bond donors (Lipinski definition) is 1. The standard InChI is InChI=1S/C16H15Br2F2N/c1-2-8-21-16(10-6-7-13(19)12(18)9-10)15-11(17)4-3-5-14(15)20/h3-7,9,16,21H,2,8H2,1H3. The fourth-order valence-corrected chi connectivity index (χ4v) is 3.12. The van der Waals surface area contributed by atoms with Gasteiger partial charge in [0.15, 0.2) is 0 Å². The van der Waals surface area contributed by atoms with Crippen molar-refractivity contribution in [1.29, 1.82) is 0 Å².